The number of benzene rings is 2. The van der Waals surface area contributed by atoms with Gasteiger partial charge in [-0.2, -0.15) is 0 Å². The number of nitrogens with one attached hydrogen (secondary N) is 1. The lowest BCUT2D eigenvalue weighted by atomic mass is 10.0. The average Bonchev–Trinajstić information content (AvgIpc) is 3.07. The summed E-state index contributed by atoms with van der Waals surface area (Å²) in [5.74, 6) is -2.58. The van der Waals surface area contributed by atoms with Gasteiger partial charge < -0.3 is 19.5 Å². The Bertz CT molecular complexity index is 1400. The van der Waals surface area contributed by atoms with Gasteiger partial charge in [0, 0.05) is 30.9 Å². The Balaban J connectivity index is 1.75. The van der Waals surface area contributed by atoms with Gasteiger partial charge in [-0.15, -0.1) is 0 Å². The van der Waals surface area contributed by atoms with E-state index in [2.05, 4.69) is 16.8 Å². The Morgan fingerprint density at radius 3 is 2.68 bits per heavy atom. The van der Waals surface area contributed by atoms with E-state index < -0.39 is 23.0 Å². The number of carbonyl (C=O) groups excluding carboxylic acids is 2. The number of halogens is 2. The predicted octanol–water partition coefficient (Wildman–Crippen LogP) is 4.27. The summed E-state index contributed by atoms with van der Waals surface area (Å²) in [6.45, 7) is 5.29. The third-order valence-electron chi connectivity index (χ3n) is 6.60. The minimum Gasteiger partial charge on any atom is -0.483 e. The number of rotatable bonds is 8. The third kappa shape index (κ3) is 6.06. The van der Waals surface area contributed by atoms with Gasteiger partial charge in [0.05, 0.1) is 6.04 Å². The van der Waals surface area contributed by atoms with E-state index in [-0.39, 0.29) is 41.8 Å². The van der Waals surface area contributed by atoms with Gasteiger partial charge in [-0.3, -0.25) is 14.4 Å². The smallest absolute Gasteiger partial charge is 0.257 e. The van der Waals surface area contributed by atoms with E-state index in [1.165, 1.54) is 12.3 Å². The number of likely N-dealkylation sites (N-methyl/N-ethyl adjacent to an activating group) is 1. The molecule has 1 unspecified atom stereocenters. The summed E-state index contributed by atoms with van der Waals surface area (Å²) in [7, 11) is 1.95. The van der Waals surface area contributed by atoms with Crippen LogP contribution in [-0.2, 0) is 13.2 Å². The molecule has 7 nitrogen and oxygen atoms in total. The first-order valence-electron chi connectivity index (χ1n) is 12.3. The molecule has 0 radical (unpaired) electrons. The molecule has 0 bridgehead atoms. The fourth-order valence-electron chi connectivity index (χ4n) is 4.51. The monoisotopic (exact) mass is 521 g/mol. The molecular weight excluding hydrogens is 492 g/mol. The standard InChI is InChI=1S/C29H29F2N3O4/c1-19-7-6-12-33(2)16-25(19)34-15-23(29(37)32-14-21-10-11-22(30)13-24(21)31)27(36)28(26(34)17-35)38-18-20-8-4-3-5-9-20/h3-5,8-11,13,15,17,25H,1,6-7,12,14,16,18H2,2H3,(H,32,37). The molecule has 1 aromatic heterocycles. The van der Waals surface area contributed by atoms with E-state index >= 15 is 0 Å². The maximum Gasteiger partial charge on any atom is 0.257 e. The fraction of sp³-hybridized carbons (Fsp3) is 0.276. The zero-order chi connectivity index (χ0) is 27.2. The molecule has 38 heavy (non-hydrogen) atoms. The molecule has 1 saturated heterocycles. The summed E-state index contributed by atoms with van der Waals surface area (Å²) in [6.07, 6.45) is 3.49. The highest BCUT2D eigenvalue weighted by atomic mass is 19.1. The van der Waals surface area contributed by atoms with Gasteiger partial charge in [-0.25, -0.2) is 8.78 Å². The highest BCUT2D eigenvalue weighted by Crippen LogP contribution is 2.29. The van der Waals surface area contributed by atoms with E-state index in [0.717, 1.165) is 36.2 Å². The first-order valence-corrected chi connectivity index (χ1v) is 12.3. The number of hydrogen-bond donors (Lipinski definition) is 1. The molecule has 0 aliphatic carbocycles. The number of nitrogens with zero attached hydrogens (tertiary/aromatic N) is 2. The number of carbonyl (C=O) groups is 2. The topological polar surface area (TPSA) is 80.6 Å². The van der Waals surface area contributed by atoms with E-state index in [1.54, 1.807) is 4.57 Å². The van der Waals surface area contributed by atoms with Crippen LogP contribution in [0.15, 0.2) is 71.7 Å². The van der Waals surface area contributed by atoms with Crippen molar-refractivity contribution >= 4 is 12.2 Å². The quantitative estimate of drug-likeness (QED) is 0.354. The molecule has 4 rings (SSSR count). The van der Waals surface area contributed by atoms with Gasteiger partial charge in [0.1, 0.15) is 29.5 Å². The van der Waals surface area contributed by atoms with Crippen LogP contribution in [0, 0.1) is 11.6 Å². The van der Waals surface area contributed by atoms with E-state index in [1.807, 2.05) is 37.4 Å². The molecule has 1 aliphatic rings. The Kier molecular flexibility index (Phi) is 8.48. The second kappa shape index (κ2) is 12.0. The van der Waals surface area contributed by atoms with E-state index in [4.69, 9.17) is 4.74 Å². The summed E-state index contributed by atoms with van der Waals surface area (Å²) >= 11 is 0. The van der Waals surface area contributed by atoms with Gasteiger partial charge in [0.2, 0.25) is 5.43 Å². The molecule has 1 N–H and O–H groups in total. The summed E-state index contributed by atoms with van der Waals surface area (Å²) < 4.78 is 34.8. The largest absolute Gasteiger partial charge is 0.483 e. The van der Waals surface area contributed by atoms with Gasteiger partial charge in [-0.1, -0.05) is 48.6 Å². The number of hydrogen-bond acceptors (Lipinski definition) is 5. The van der Waals surface area contributed by atoms with Crippen molar-refractivity contribution in [2.45, 2.75) is 32.0 Å². The second-order valence-corrected chi connectivity index (χ2v) is 9.34. The average molecular weight is 522 g/mol. The maximum absolute atomic E-state index is 14.1. The number of ether oxygens (including phenoxy) is 1. The van der Waals surface area contributed by atoms with Crippen molar-refractivity contribution in [3.05, 3.63) is 111 Å². The normalized spacial score (nSPS) is 16.1. The van der Waals surface area contributed by atoms with Crippen molar-refractivity contribution in [1.82, 2.24) is 14.8 Å². The predicted molar refractivity (Wildman–Crippen MR) is 139 cm³/mol. The molecule has 2 aromatic carbocycles. The van der Waals surface area contributed by atoms with Crippen molar-refractivity contribution in [3.8, 4) is 5.75 Å². The Morgan fingerprint density at radius 2 is 1.97 bits per heavy atom. The molecule has 1 fully saturated rings. The van der Waals surface area contributed by atoms with Crippen LogP contribution in [-0.4, -0.2) is 41.8 Å². The van der Waals surface area contributed by atoms with Crippen molar-refractivity contribution < 1.29 is 23.1 Å². The van der Waals surface area contributed by atoms with Crippen LogP contribution in [0.3, 0.4) is 0 Å². The first-order chi connectivity index (χ1) is 18.3. The SMILES string of the molecule is C=C1CCCN(C)CC1n1cc(C(=O)NCc2ccc(F)cc2F)c(=O)c(OCc2ccccc2)c1C=O. The molecule has 9 heteroatoms. The highest BCUT2D eigenvalue weighted by Gasteiger charge is 2.28. The van der Waals surface area contributed by atoms with Gasteiger partial charge in [0.15, 0.2) is 12.0 Å². The zero-order valence-corrected chi connectivity index (χ0v) is 21.1. The number of pyridine rings is 1. The number of likely N-dealkylation sites (tertiary alicyclic amines) is 1. The van der Waals surface area contributed by atoms with Crippen molar-refractivity contribution in [2.75, 3.05) is 20.1 Å². The molecule has 1 atom stereocenters. The van der Waals surface area contributed by atoms with E-state index in [9.17, 15) is 23.2 Å². The molecule has 1 aliphatic heterocycles. The van der Waals surface area contributed by atoms with Crippen LogP contribution < -0.4 is 15.5 Å². The van der Waals surface area contributed by atoms with Gasteiger partial charge in [0.25, 0.3) is 5.91 Å². The van der Waals surface area contributed by atoms with Crippen LogP contribution in [0.4, 0.5) is 8.78 Å². The maximum atomic E-state index is 14.1. The van der Waals surface area contributed by atoms with Crippen LogP contribution in [0.5, 0.6) is 5.75 Å². The molecular formula is C29H29F2N3O4. The summed E-state index contributed by atoms with van der Waals surface area (Å²) in [5, 5.41) is 2.53. The lowest BCUT2D eigenvalue weighted by Crippen LogP contribution is -2.34. The summed E-state index contributed by atoms with van der Waals surface area (Å²) in [6, 6.07) is 11.8. The lowest BCUT2D eigenvalue weighted by molar-refractivity contribution is 0.0946. The van der Waals surface area contributed by atoms with E-state index in [0.29, 0.717) is 19.3 Å². The molecule has 1 amide bonds. The zero-order valence-electron chi connectivity index (χ0n) is 21.1. The van der Waals surface area contributed by atoms with Gasteiger partial charge >= 0.3 is 0 Å². The molecule has 198 valence electrons. The lowest BCUT2D eigenvalue weighted by Gasteiger charge is -2.27. The minimum absolute atomic E-state index is 0.00788. The van der Waals surface area contributed by atoms with Crippen molar-refractivity contribution in [3.63, 3.8) is 0 Å². The number of aldehydes is 1. The van der Waals surface area contributed by atoms with Crippen LogP contribution in [0.1, 0.15) is 50.9 Å². The van der Waals surface area contributed by atoms with Gasteiger partial charge in [-0.05, 0) is 38.1 Å². The first kappa shape index (κ1) is 26.9. The van der Waals surface area contributed by atoms with Crippen molar-refractivity contribution in [1.29, 1.82) is 0 Å². The Morgan fingerprint density at radius 1 is 1.21 bits per heavy atom. The minimum atomic E-state index is -0.816. The summed E-state index contributed by atoms with van der Waals surface area (Å²) in [4.78, 5) is 41.1. The summed E-state index contributed by atoms with van der Waals surface area (Å²) in [5.41, 5.74) is 0.674. The molecule has 0 spiro atoms. The molecule has 0 saturated carbocycles. The van der Waals surface area contributed by atoms with Crippen molar-refractivity contribution in [2.24, 2.45) is 0 Å². The number of amides is 1. The highest BCUT2D eigenvalue weighted by molar-refractivity contribution is 5.95. The molecule has 2 heterocycles. The van der Waals surface area contributed by atoms with Crippen LogP contribution >= 0.6 is 0 Å². The Hall–Kier alpha value is -4.11. The third-order valence-corrected chi connectivity index (χ3v) is 6.60. The van der Waals surface area contributed by atoms with Crippen LogP contribution in [0.25, 0.3) is 0 Å². The number of aromatic nitrogens is 1. The second-order valence-electron chi connectivity index (χ2n) is 9.34. The molecule has 3 aromatic rings. The van der Waals surface area contributed by atoms with Crippen LogP contribution in [0.2, 0.25) is 0 Å². The Labute approximate surface area is 219 Å². The fourth-order valence-corrected chi connectivity index (χ4v) is 4.51.